The number of phenolic OH excluding ortho intramolecular Hbond substituents is 2. The van der Waals surface area contributed by atoms with E-state index in [9.17, 15) is 49.5 Å². The number of carboxylic acids is 3. The lowest BCUT2D eigenvalue weighted by atomic mass is 10.0. The zero-order valence-corrected chi connectivity index (χ0v) is 27.9. The van der Waals surface area contributed by atoms with Gasteiger partial charge in [-0.2, -0.15) is 4.52 Å². The van der Waals surface area contributed by atoms with Gasteiger partial charge in [-0.3, -0.25) is 19.3 Å². The number of aliphatic carboxylic acids is 2. The van der Waals surface area contributed by atoms with Crippen LogP contribution in [0.5, 0.6) is 11.5 Å². The van der Waals surface area contributed by atoms with Crippen molar-refractivity contribution >= 4 is 81.1 Å². The van der Waals surface area contributed by atoms with Crippen LogP contribution in [-0.2, 0) is 37.0 Å². The number of nitrogens with one attached hydrogen (secondary N) is 1. The normalized spacial score (nSPS) is 17.2. The first-order chi connectivity index (χ1) is 24.3. The number of anilines is 1. The minimum atomic E-state index is -1.43. The Labute approximate surface area is 296 Å². The molecule has 0 aliphatic carbocycles. The number of benzene rings is 1. The molecule has 4 aromatic rings. The largest absolute Gasteiger partial charge is 0.504 e. The van der Waals surface area contributed by atoms with E-state index in [1.165, 1.54) is 33.9 Å². The molecular weight excluding hydrogens is 735 g/mol. The summed E-state index contributed by atoms with van der Waals surface area (Å²) in [5.74, 6) is -6.69. The number of carbonyl (C=O) groups is 5. The number of oxime groups is 1. The van der Waals surface area contributed by atoms with Crippen LogP contribution < -0.4 is 11.1 Å². The molecule has 3 aromatic heterocycles. The van der Waals surface area contributed by atoms with Gasteiger partial charge in [0.25, 0.3) is 11.8 Å². The number of hydrogen-bond acceptors (Lipinski definition) is 17. The molecule has 6 rings (SSSR count). The van der Waals surface area contributed by atoms with Crippen molar-refractivity contribution in [3.05, 3.63) is 63.6 Å². The van der Waals surface area contributed by atoms with Crippen LogP contribution in [0, 0.1) is 0 Å². The van der Waals surface area contributed by atoms with Gasteiger partial charge in [0.15, 0.2) is 28.0 Å². The summed E-state index contributed by atoms with van der Waals surface area (Å²) in [5, 5.41) is 64.0. The van der Waals surface area contributed by atoms with E-state index in [1.807, 2.05) is 0 Å². The zero-order chi connectivity index (χ0) is 36.6. The Hall–Kier alpha value is -5.94. The van der Waals surface area contributed by atoms with Crippen molar-refractivity contribution in [2.45, 2.75) is 29.5 Å². The molecule has 0 saturated carbocycles. The zero-order valence-electron chi connectivity index (χ0n) is 25.5. The summed E-state index contributed by atoms with van der Waals surface area (Å²) in [5.41, 5.74) is 5.17. The van der Waals surface area contributed by atoms with Gasteiger partial charge in [-0.25, -0.2) is 19.6 Å². The molecule has 0 radical (unpaired) electrons. The highest BCUT2D eigenvalue weighted by Gasteiger charge is 2.54. The molecule has 264 valence electrons. The Morgan fingerprint density at radius 2 is 1.92 bits per heavy atom. The summed E-state index contributed by atoms with van der Waals surface area (Å²) in [6.07, 6.45) is 0.999. The highest BCUT2D eigenvalue weighted by Crippen LogP contribution is 2.42. The molecule has 8 N–H and O–H groups in total. The number of amides is 2. The van der Waals surface area contributed by atoms with Gasteiger partial charge < -0.3 is 41.4 Å². The van der Waals surface area contributed by atoms with Crippen LogP contribution in [0.1, 0.15) is 27.3 Å². The SMILES string of the molecule is Nc1nc(/C(=N/OCc2c(C(=O)O)ccc(O)c2O)C(=O)N[C@@H]2C(=O)N3C(C(=O)O)=C(CSc4cc(CC(=O)O)nc5cnnn45)CS[C@H]23)cs1. The fourth-order valence-corrected chi connectivity index (χ4v) is 8.15. The van der Waals surface area contributed by atoms with Crippen LogP contribution in [0.3, 0.4) is 0 Å². The predicted molar refractivity (Wildman–Crippen MR) is 177 cm³/mol. The fraction of sp³-hybridized carbons (Fsp3) is 0.214. The molecule has 2 aliphatic rings. The van der Waals surface area contributed by atoms with E-state index in [1.54, 1.807) is 0 Å². The van der Waals surface area contributed by atoms with Crippen molar-refractivity contribution in [3.63, 3.8) is 0 Å². The maximum Gasteiger partial charge on any atom is 0.352 e. The van der Waals surface area contributed by atoms with Crippen LogP contribution in [0.2, 0.25) is 0 Å². The summed E-state index contributed by atoms with van der Waals surface area (Å²) in [4.78, 5) is 76.7. The molecule has 1 aromatic carbocycles. The number of hydrogen-bond donors (Lipinski definition) is 7. The molecule has 1 fully saturated rings. The van der Waals surface area contributed by atoms with Crippen LogP contribution in [0.15, 0.2) is 51.2 Å². The standard InChI is InChI=1S/C28H23N9O11S3/c29-28-32-14(9-51-28)19(34-48-6-13-12(26(44)45)1-2-15(38)22(13)41)23(42)33-20-24(43)36-21(27(46)47)10(8-50-25(20)36)7-49-17-3-11(4-18(39)40)31-16-5-30-35-37(16)17/h1-3,5,9,20,25,38,41H,4,6-8H2,(H2,29,32)(H,33,42)(H,39,40)(H,44,45)(H,46,47)/b34-19-/t20-,25-/m1/s1. The summed E-state index contributed by atoms with van der Waals surface area (Å²) < 4.78 is 1.38. The molecule has 1 saturated heterocycles. The van der Waals surface area contributed by atoms with E-state index in [0.29, 0.717) is 16.2 Å². The van der Waals surface area contributed by atoms with Crippen molar-refractivity contribution in [2.24, 2.45) is 5.16 Å². The molecule has 0 bridgehead atoms. The van der Waals surface area contributed by atoms with E-state index in [0.717, 1.165) is 40.1 Å². The Bertz CT molecular complexity index is 2180. The average Bonchev–Trinajstić information content (AvgIpc) is 3.74. The van der Waals surface area contributed by atoms with Gasteiger partial charge in [0.05, 0.1) is 29.4 Å². The fourth-order valence-electron chi connectivity index (χ4n) is 5.09. The summed E-state index contributed by atoms with van der Waals surface area (Å²) in [6, 6.07) is 2.35. The Kier molecular flexibility index (Phi) is 9.67. The van der Waals surface area contributed by atoms with Gasteiger partial charge in [0, 0.05) is 16.9 Å². The predicted octanol–water partition coefficient (Wildman–Crippen LogP) is 0.351. The van der Waals surface area contributed by atoms with Gasteiger partial charge >= 0.3 is 17.9 Å². The highest BCUT2D eigenvalue weighted by atomic mass is 32.2. The Balaban J connectivity index is 1.19. The number of aromatic hydroxyl groups is 2. The first-order valence-corrected chi connectivity index (χ1v) is 17.2. The Morgan fingerprint density at radius 3 is 2.61 bits per heavy atom. The molecular formula is C28H23N9O11S3. The molecule has 2 amide bonds. The maximum absolute atomic E-state index is 13.5. The number of nitrogens with zero attached hydrogens (tertiary/aromatic N) is 7. The monoisotopic (exact) mass is 757 g/mol. The highest BCUT2D eigenvalue weighted by molar-refractivity contribution is 8.01. The lowest BCUT2D eigenvalue weighted by Gasteiger charge is -2.49. The van der Waals surface area contributed by atoms with Gasteiger partial charge in [-0.15, -0.1) is 40.0 Å². The van der Waals surface area contributed by atoms with E-state index >= 15 is 0 Å². The second-order valence-corrected chi connectivity index (χ2v) is 13.6. The van der Waals surface area contributed by atoms with Gasteiger partial charge in [-0.1, -0.05) is 10.4 Å². The lowest BCUT2D eigenvalue weighted by Crippen LogP contribution is -2.71. The number of rotatable bonds is 13. The van der Waals surface area contributed by atoms with Crippen molar-refractivity contribution < 1.29 is 54.3 Å². The number of nitrogen functional groups attached to an aromatic ring is 1. The maximum atomic E-state index is 13.5. The number of thioether (sulfide) groups is 2. The minimum absolute atomic E-state index is 0.0527. The van der Waals surface area contributed by atoms with Crippen LogP contribution >= 0.6 is 34.9 Å². The van der Waals surface area contributed by atoms with Crippen molar-refractivity contribution in [1.29, 1.82) is 0 Å². The van der Waals surface area contributed by atoms with Crippen molar-refractivity contribution in [1.82, 2.24) is 35.0 Å². The molecule has 2 atom stereocenters. The number of fused-ring (bicyclic) bond motifs is 2. The third-order valence-corrected chi connectivity index (χ3v) is 10.5. The van der Waals surface area contributed by atoms with Gasteiger partial charge in [0.2, 0.25) is 0 Å². The second kappa shape index (κ2) is 14.1. The second-order valence-electron chi connectivity index (χ2n) is 10.6. The first kappa shape index (κ1) is 34.9. The van der Waals surface area contributed by atoms with E-state index in [-0.39, 0.29) is 45.7 Å². The number of carbonyl (C=O) groups excluding carboxylic acids is 2. The number of aromatic nitrogens is 5. The van der Waals surface area contributed by atoms with Crippen LogP contribution in [0.25, 0.3) is 5.65 Å². The number of carboxylic acid groups (broad SMARTS) is 3. The number of phenols is 2. The van der Waals surface area contributed by atoms with Crippen molar-refractivity contribution in [3.8, 4) is 11.5 Å². The summed E-state index contributed by atoms with van der Waals surface area (Å²) in [6.45, 7) is -0.691. The number of thiazole rings is 1. The number of nitrogens with two attached hydrogens (primary N) is 1. The molecule has 23 heteroatoms. The van der Waals surface area contributed by atoms with E-state index in [2.05, 4.69) is 30.8 Å². The third-order valence-electron chi connectivity index (χ3n) is 7.39. The molecule has 5 heterocycles. The summed E-state index contributed by atoms with van der Waals surface area (Å²) >= 11 is 3.32. The van der Waals surface area contributed by atoms with E-state index < -0.39 is 70.5 Å². The van der Waals surface area contributed by atoms with E-state index in [4.69, 9.17) is 10.6 Å². The first-order valence-electron chi connectivity index (χ1n) is 14.3. The van der Waals surface area contributed by atoms with Gasteiger partial charge in [0.1, 0.15) is 34.4 Å². The topological polar surface area (TPSA) is 305 Å². The molecule has 0 spiro atoms. The van der Waals surface area contributed by atoms with Crippen LogP contribution in [-0.4, -0.2) is 114 Å². The Morgan fingerprint density at radius 1 is 1.14 bits per heavy atom. The minimum Gasteiger partial charge on any atom is -0.504 e. The lowest BCUT2D eigenvalue weighted by molar-refractivity contribution is -0.150. The number of β-lactam (4-membered cyclic amide) rings is 1. The summed E-state index contributed by atoms with van der Waals surface area (Å²) in [7, 11) is 0. The molecule has 2 aliphatic heterocycles. The average molecular weight is 758 g/mol. The quantitative estimate of drug-likeness (QED) is 0.0242. The number of aromatic carboxylic acids is 1. The molecule has 20 nitrogen and oxygen atoms in total. The third kappa shape index (κ3) is 6.93. The van der Waals surface area contributed by atoms with Crippen LogP contribution in [0.4, 0.5) is 5.13 Å². The molecule has 51 heavy (non-hydrogen) atoms. The van der Waals surface area contributed by atoms with Crippen molar-refractivity contribution in [2.75, 3.05) is 17.2 Å². The molecule has 0 unspecified atom stereocenters. The smallest absolute Gasteiger partial charge is 0.352 e. The van der Waals surface area contributed by atoms with Gasteiger partial charge in [-0.05, 0) is 23.8 Å².